The number of nitrogens with one attached hydrogen (secondary N) is 2. The molecule has 2 aromatic carbocycles. The molecular weight excluding hydrogens is 292 g/mol. The van der Waals surface area contributed by atoms with E-state index in [1.54, 1.807) is 6.08 Å². The molecule has 0 saturated carbocycles. The predicted octanol–water partition coefficient (Wildman–Crippen LogP) is 3.83. The zero-order valence-corrected chi connectivity index (χ0v) is 13.4. The average Bonchev–Trinajstić information content (AvgIpc) is 2.46. The molecule has 22 heavy (non-hydrogen) atoms. The molecule has 0 radical (unpaired) electrons. The van der Waals surface area contributed by atoms with E-state index in [9.17, 15) is 4.79 Å². The van der Waals surface area contributed by atoms with Gasteiger partial charge in [0, 0.05) is 11.8 Å². The van der Waals surface area contributed by atoms with Gasteiger partial charge in [-0.1, -0.05) is 42.0 Å². The first-order chi connectivity index (χ1) is 10.5. The number of hydrogen-bond donors (Lipinski definition) is 2. The van der Waals surface area contributed by atoms with E-state index in [4.69, 9.17) is 12.2 Å². The summed E-state index contributed by atoms with van der Waals surface area (Å²) in [7, 11) is 0. The second-order valence-electron chi connectivity index (χ2n) is 5.06. The molecule has 0 aliphatic heterocycles. The fourth-order valence-corrected chi connectivity index (χ4v) is 2.11. The van der Waals surface area contributed by atoms with E-state index in [1.807, 2.05) is 62.4 Å². The molecule has 0 fully saturated rings. The Morgan fingerprint density at radius 2 is 1.77 bits per heavy atom. The van der Waals surface area contributed by atoms with Crippen molar-refractivity contribution in [3.05, 3.63) is 71.3 Å². The van der Waals surface area contributed by atoms with Crippen LogP contribution in [0.3, 0.4) is 0 Å². The number of anilines is 1. The highest BCUT2D eigenvalue weighted by Crippen LogP contribution is 2.09. The van der Waals surface area contributed by atoms with Crippen LogP contribution in [0, 0.1) is 13.8 Å². The maximum Gasteiger partial charge on any atom is 0.250 e. The number of hydrogen-bond acceptors (Lipinski definition) is 2. The lowest BCUT2D eigenvalue weighted by atomic mass is 10.1. The minimum atomic E-state index is -0.259. The molecule has 0 saturated heterocycles. The van der Waals surface area contributed by atoms with E-state index in [-0.39, 0.29) is 11.0 Å². The van der Waals surface area contributed by atoms with Gasteiger partial charge in [0.05, 0.1) is 0 Å². The Hall–Kier alpha value is -2.46. The van der Waals surface area contributed by atoms with Gasteiger partial charge >= 0.3 is 0 Å². The number of thiocarbonyl (C=S) groups is 1. The molecule has 1 amide bonds. The lowest BCUT2D eigenvalue weighted by Gasteiger charge is -2.08. The first-order valence-corrected chi connectivity index (χ1v) is 7.37. The summed E-state index contributed by atoms with van der Waals surface area (Å²) in [5.74, 6) is -0.259. The van der Waals surface area contributed by atoms with E-state index in [2.05, 4.69) is 10.6 Å². The molecule has 0 aliphatic carbocycles. The van der Waals surface area contributed by atoms with E-state index in [0.29, 0.717) is 0 Å². The third-order valence-corrected chi connectivity index (χ3v) is 3.22. The highest BCUT2D eigenvalue weighted by Gasteiger charge is 2.01. The lowest BCUT2D eigenvalue weighted by molar-refractivity contribution is -0.115. The molecule has 0 aromatic heterocycles. The first-order valence-electron chi connectivity index (χ1n) is 6.96. The monoisotopic (exact) mass is 310 g/mol. The van der Waals surface area contributed by atoms with Gasteiger partial charge in [-0.3, -0.25) is 10.1 Å². The largest absolute Gasteiger partial charge is 0.332 e. The predicted molar refractivity (Wildman–Crippen MR) is 95.8 cm³/mol. The van der Waals surface area contributed by atoms with E-state index in [1.165, 1.54) is 11.6 Å². The van der Waals surface area contributed by atoms with Crippen molar-refractivity contribution in [2.75, 3.05) is 5.32 Å². The van der Waals surface area contributed by atoms with Crippen molar-refractivity contribution in [2.45, 2.75) is 13.8 Å². The van der Waals surface area contributed by atoms with Crippen LogP contribution in [0.2, 0.25) is 0 Å². The van der Waals surface area contributed by atoms with Gasteiger partial charge in [0.1, 0.15) is 0 Å². The second kappa shape index (κ2) is 7.52. The molecule has 4 heteroatoms. The number of aryl methyl sites for hydroxylation is 2. The Balaban J connectivity index is 1.88. The van der Waals surface area contributed by atoms with Crippen LogP contribution in [0.4, 0.5) is 5.69 Å². The Morgan fingerprint density at radius 1 is 1.05 bits per heavy atom. The van der Waals surface area contributed by atoms with Crippen LogP contribution in [0.1, 0.15) is 16.7 Å². The molecule has 2 aromatic rings. The van der Waals surface area contributed by atoms with Crippen molar-refractivity contribution in [3.63, 3.8) is 0 Å². The third kappa shape index (κ3) is 5.14. The summed E-state index contributed by atoms with van der Waals surface area (Å²) in [4.78, 5) is 11.8. The molecule has 0 bridgehead atoms. The van der Waals surface area contributed by atoms with Crippen LogP contribution in [-0.2, 0) is 4.79 Å². The van der Waals surface area contributed by atoms with Crippen LogP contribution in [0.5, 0.6) is 0 Å². The third-order valence-electron chi connectivity index (χ3n) is 3.02. The van der Waals surface area contributed by atoms with Gasteiger partial charge in [-0.05, 0) is 55.4 Å². The van der Waals surface area contributed by atoms with Crippen LogP contribution < -0.4 is 10.6 Å². The van der Waals surface area contributed by atoms with Gasteiger partial charge in [-0.2, -0.15) is 0 Å². The van der Waals surface area contributed by atoms with E-state index >= 15 is 0 Å². The molecule has 0 aliphatic rings. The lowest BCUT2D eigenvalue weighted by Crippen LogP contribution is -2.32. The normalized spacial score (nSPS) is 10.5. The zero-order valence-electron chi connectivity index (χ0n) is 12.6. The smallest absolute Gasteiger partial charge is 0.250 e. The summed E-state index contributed by atoms with van der Waals surface area (Å²) >= 11 is 5.13. The van der Waals surface area contributed by atoms with Crippen LogP contribution in [0.25, 0.3) is 6.08 Å². The van der Waals surface area contributed by atoms with Gasteiger partial charge in [-0.15, -0.1) is 0 Å². The van der Waals surface area contributed by atoms with Gasteiger partial charge in [0.25, 0.3) is 0 Å². The molecule has 2 rings (SSSR count). The molecule has 0 unspecified atom stereocenters. The standard InChI is InChI=1S/C18H18N2OS/c1-13-6-8-15(9-7-13)10-11-17(21)20-18(22)19-16-5-3-4-14(2)12-16/h3-12H,1-2H3,(H2,19,20,21,22)/b11-10+. The minimum Gasteiger partial charge on any atom is -0.332 e. The molecule has 0 spiro atoms. The van der Waals surface area contributed by atoms with E-state index in [0.717, 1.165) is 16.8 Å². The fourth-order valence-electron chi connectivity index (χ4n) is 1.89. The van der Waals surface area contributed by atoms with Crippen molar-refractivity contribution < 1.29 is 4.79 Å². The summed E-state index contributed by atoms with van der Waals surface area (Å²) < 4.78 is 0. The average molecular weight is 310 g/mol. The van der Waals surface area contributed by atoms with Crippen molar-refractivity contribution in [3.8, 4) is 0 Å². The first kappa shape index (κ1) is 15.9. The highest BCUT2D eigenvalue weighted by atomic mass is 32.1. The van der Waals surface area contributed by atoms with Crippen molar-refractivity contribution in [1.82, 2.24) is 5.32 Å². The van der Waals surface area contributed by atoms with Gasteiger partial charge in [0.2, 0.25) is 5.91 Å². The summed E-state index contributed by atoms with van der Waals surface area (Å²) in [5.41, 5.74) is 4.13. The summed E-state index contributed by atoms with van der Waals surface area (Å²) in [6.07, 6.45) is 3.22. The van der Waals surface area contributed by atoms with Crippen molar-refractivity contribution in [1.29, 1.82) is 0 Å². The summed E-state index contributed by atoms with van der Waals surface area (Å²) in [6, 6.07) is 15.7. The SMILES string of the molecule is Cc1ccc(/C=C/C(=O)NC(=S)Nc2cccc(C)c2)cc1. The van der Waals surface area contributed by atoms with E-state index < -0.39 is 0 Å². The Labute approximate surface area is 136 Å². The van der Waals surface area contributed by atoms with Crippen LogP contribution in [0.15, 0.2) is 54.6 Å². The molecule has 112 valence electrons. The van der Waals surface area contributed by atoms with Crippen molar-refractivity contribution in [2.24, 2.45) is 0 Å². The highest BCUT2D eigenvalue weighted by molar-refractivity contribution is 7.80. The van der Waals surface area contributed by atoms with Crippen LogP contribution >= 0.6 is 12.2 Å². The number of carbonyl (C=O) groups excluding carboxylic acids is 1. The van der Waals surface area contributed by atoms with Gasteiger partial charge < -0.3 is 5.32 Å². The number of carbonyl (C=O) groups is 1. The Bertz CT molecular complexity index is 705. The Kier molecular flexibility index (Phi) is 5.44. The molecular formula is C18H18N2OS. The molecule has 0 heterocycles. The van der Waals surface area contributed by atoms with Crippen molar-refractivity contribution >= 4 is 35.0 Å². The minimum absolute atomic E-state index is 0.259. The van der Waals surface area contributed by atoms with Crippen LogP contribution in [-0.4, -0.2) is 11.0 Å². The second-order valence-corrected chi connectivity index (χ2v) is 5.47. The fraction of sp³-hybridized carbons (Fsp3) is 0.111. The number of amides is 1. The zero-order chi connectivity index (χ0) is 15.9. The number of rotatable bonds is 3. The number of benzene rings is 2. The quantitative estimate of drug-likeness (QED) is 0.669. The van der Waals surface area contributed by atoms with Gasteiger partial charge in [-0.25, -0.2) is 0 Å². The maximum absolute atomic E-state index is 11.8. The molecule has 2 N–H and O–H groups in total. The Morgan fingerprint density at radius 3 is 2.45 bits per heavy atom. The summed E-state index contributed by atoms with van der Waals surface area (Å²) in [6.45, 7) is 4.02. The maximum atomic E-state index is 11.8. The molecule has 0 atom stereocenters. The van der Waals surface area contributed by atoms with Gasteiger partial charge in [0.15, 0.2) is 5.11 Å². The molecule has 3 nitrogen and oxygen atoms in total. The topological polar surface area (TPSA) is 41.1 Å². The summed E-state index contributed by atoms with van der Waals surface area (Å²) in [5, 5.41) is 5.89.